The fourth-order valence-electron chi connectivity index (χ4n) is 3.23. The first-order chi connectivity index (χ1) is 15.1. The second-order valence-corrected chi connectivity index (χ2v) is 7.41. The van der Waals surface area contributed by atoms with Crippen molar-refractivity contribution in [3.63, 3.8) is 0 Å². The van der Waals surface area contributed by atoms with Crippen LogP contribution in [0.25, 0.3) is 11.3 Å². The monoisotopic (exact) mass is 412 g/mol. The van der Waals surface area contributed by atoms with E-state index in [2.05, 4.69) is 27.6 Å². The number of carbonyl (C=O) groups is 1. The molecule has 2 heterocycles. The van der Waals surface area contributed by atoms with Crippen molar-refractivity contribution >= 4 is 11.7 Å². The van der Waals surface area contributed by atoms with Crippen molar-refractivity contribution in [3.05, 3.63) is 95.8 Å². The quantitative estimate of drug-likeness (QED) is 0.504. The second-order valence-electron chi connectivity index (χ2n) is 7.41. The normalized spacial score (nSPS) is 10.6. The zero-order chi connectivity index (χ0) is 21.6. The maximum atomic E-state index is 12.6. The van der Waals surface area contributed by atoms with Crippen LogP contribution in [0.15, 0.2) is 79.0 Å². The molecule has 7 heteroatoms. The van der Waals surface area contributed by atoms with Crippen molar-refractivity contribution < 1.29 is 4.79 Å². The number of hydrogen-bond acceptors (Lipinski definition) is 5. The number of rotatable bonds is 7. The van der Waals surface area contributed by atoms with E-state index in [9.17, 15) is 4.79 Å². The first-order valence-electron chi connectivity index (χ1n) is 10.0. The highest BCUT2D eigenvalue weighted by atomic mass is 16.1. The van der Waals surface area contributed by atoms with Gasteiger partial charge in [0.15, 0.2) is 11.5 Å². The summed E-state index contributed by atoms with van der Waals surface area (Å²) in [5.41, 5.74) is 4.24. The number of anilines is 1. The zero-order valence-electron chi connectivity index (χ0n) is 17.6. The van der Waals surface area contributed by atoms with Gasteiger partial charge in [0.1, 0.15) is 0 Å². The van der Waals surface area contributed by atoms with Gasteiger partial charge < -0.3 is 10.2 Å². The van der Waals surface area contributed by atoms with E-state index in [1.807, 2.05) is 78.4 Å². The summed E-state index contributed by atoms with van der Waals surface area (Å²) in [6.45, 7) is 1.00. The number of aromatic nitrogens is 4. The lowest BCUT2D eigenvalue weighted by atomic mass is 10.1. The number of nitrogens with one attached hydrogen (secondary N) is 1. The Morgan fingerprint density at radius 1 is 0.935 bits per heavy atom. The number of benzene rings is 2. The maximum absolute atomic E-state index is 12.6. The van der Waals surface area contributed by atoms with Crippen LogP contribution in [0.2, 0.25) is 0 Å². The second kappa shape index (κ2) is 9.21. The molecule has 0 radical (unpaired) electrons. The molecular weight excluding hydrogens is 388 g/mol. The molecule has 2 aromatic heterocycles. The van der Waals surface area contributed by atoms with E-state index in [1.165, 1.54) is 0 Å². The zero-order valence-corrected chi connectivity index (χ0v) is 17.6. The van der Waals surface area contributed by atoms with E-state index < -0.39 is 0 Å². The molecule has 0 spiro atoms. The van der Waals surface area contributed by atoms with Gasteiger partial charge in [-0.2, -0.15) is 5.10 Å². The van der Waals surface area contributed by atoms with Crippen LogP contribution in [-0.4, -0.2) is 40.0 Å². The Hall–Kier alpha value is -4.00. The van der Waals surface area contributed by atoms with E-state index in [-0.39, 0.29) is 11.6 Å². The van der Waals surface area contributed by atoms with E-state index in [0.29, 0.717) is 18.9 Å². The minimum Gasteiger partial charge on any atom is -0.361 e. The fourth-order valence-corrected chi connectivity index (χ4v) is 3.23. The van der Waals surface area contributed by atoms with Gasteiger partial charge in [-0.3, -0.25) is 9.48 Å². The third-order valence-corrected chi connectivity index (χ3v) is 4.85. The largest absolute Gasteiger partial charge is 0.361 e. The van der Waals surface area contributed by atoms with E-state index in [1.54, 1.807) is 12.1 Å². The lowest BCUT2D eigenvalue weighted by Gasteiger charge is -2.10. The van der Waals surface area contributed by atoms with Gasteiger partial charge in [0.25, 0.3) is 5.91 Å². The highest BCUT2D eigenvalue weighted by Gasteiger charge is 2.14. The van der Waals surface area contributed by atoms with E-state index in [0.717, 1.165) is 22.4 Å². The summed E-state index contributed by atoms with van der Waals surface area (Å²) in [6.07, 6.45) is 1.98. The van der Waals surface area contributed by atoms with Crippen LogP contribution in [0.3, 0.4) is 0 Å². The van der Waals surface area contributed by atoms with Gasteiger partial charge in [0.2, 0.25) is 0 Å². The van der Waals surface area contributed by atoms with Crippen molar-refractivity contribution in [3.8, 4) is 11.3 Å². The number of hydrogen-bond donors (Lipinski definition) is 1. The van der Waals surface area contributed by atoms with Crippen LogP contribution < -0.4 is 10.2 Å². The molecule has 0 saturated heterocycles. The summed E-state index contributed by atoms with van der Waals surface area (Å²) < 4.78 is 1.91. The highest BCUT2D eigenvalue weighted by Crippen LogP contribution is 2.22. The van der Waals surface area contributed by atoms with Crippen LogP contribution in [0.1, 0.15) is 21.6 Å². The topological polar surface area (TPSA) is 75.9 Å². The standard InChI is InChI=1S/C24H24N6O/c1-29(2)22-14-13-21(26-27-22)24(31)25-15-20-17-30(16-18-9-5-3-6-10-18)28-23(20)19-11-7-4-8-12-19/h3-14,17H,15-16H2,1-2H3,(H,25,31). The molecular formula is C24H24N6O. The number of amides is 1. The minimum absolute atomic E-state index is 0.271. The van der Waals surface area contributed by atoms with Gasteiger partial charge in [-0.15, -0.1) is 10.2 Å². The molecule has 156 valence electrons. The third-order valence-electron chi connectivity index (χ3n) is 4.85. The van der Waals surface area contributed by atoms with Gasteiger partial charge in [0, 0.05) is 38.0 Å². The first kappa shape index (κ1) is 20.3. The highest BCUT2D eigenvalue weighted by molar-refractivity contribution is 5.92. The lowest BCUT2D eigenvalue weighted by Crippen LogP contribution is -2.24. The predicted octanol–water partition coefficient (Wildman–Crippen LogP) is 3.38. The van der Waals surface area contributed by atoms with Crippen LogP contribution >= 0.6 is 0 Å². The Balaban J connectivity index is 1.54. The van der Waals surface area contributed by atoms with Crippen LogP contribution in [0.4, 0.5) is 5.82 Å². The third kappa shape index (κ3) is 4.95. The smallest absolute Gasteiger partial charge is 0.272 e. The molecule has 0 aliphatic rings. The molecule has 4 rings (SSSR count). The van der Waals surface area contributed by atoms with E-state index in [4.69, 9.17) is 5.10 Å². The average molecular weight is 412 g/mol. The van der Waals surface area contributed by atoms with Gasteiger partial charge in [-0.1, -0.05) is 60.7 Å². The summed E-state index contributed by atoms with van der Waals surface area (Å²) in [7, 11) is 3.75. The lowest BCUT2D eigenvalue weighted by molar-refractivity contribution is 0.0945. The number of carbonyl (C=O) groups excluding carboxylic acids is 1. The molecule has 0 unspecified atom stereocenters. The summed E-state index contributed by atoms with van der Waals surface area (Å²) in [4.78, 5) is 14.4. The van der Waals surface area contributed by atoms with Crippen molar-refractivity contribution in [1.82, 2.24) is 25.3 Å². The Bertz CT molecular complexity index is 1140. The summed E-state index contributed by atoms with van der Waals surface area (Å²) >= 11 is 0. The molecule has 31 heavy (non-hydrogen) atoms. The Morgan fingerprint density at radius 2 is 1.65 bits per heavy atom. The molecule has 0 saturated carbocycles. The van der Waals surface area contributed by atoms with Crippen LogP contribution in [-0.2, 0) is 13.1 Å². The maximum Gasteiger partial charge on any atom is 0.272 e. The molecule has 0 atom stereocenters. The molecule has 2 aromatic carbocycles. The van der Waals surface area contributed by atoms with Gasteiger partial charge in [-0.25, -0.2) is 0 Å². The van der Waals surface area contributed by atoms with Gasteiger partial charge in [0.05, 0.1) is 12.2 Å². The van der Waals surface area contributed by atoms with Crippen LogP contribution in [0, 0.1) is 0 Å². The SMILES string of the molecule is CN(C)c1ccc(C(=O)NCc2cn(Cc3ccccc3)nc2-c2ccccc2)nn1. The Morgan fingerprint density at radius 3 is 2.29 bits per heavy atom. The summed E-state index contributed by atoms with van der Waals surface area (Å²) in [5.74, 6) is 0.428. The van der Waals surface area contributed by atoms with Crippen LogP contribution in [0.5, 0.6) is 0 Å². The summed E-state index contributed by atoms with van der Waals surface area (Å²) in [6, 6.07) is 23.6. The summed E-state index contributed by atoms with van der Waals surface area (Å²) in [5, 5.41) is 15.8. The first-order valence-corrected chi connectivity index (χ1v) is 10.0. The molecule has 0 fully saturated rings. The Labute approximate surface area is 181 Å². The molecule has 7 nitrogen and oxygen atoms in total. The fraction of sp³-hybridized carbons (Fsp3) is 0.167. The molecule has 0 aliphatic heterocycles. The molecule has 0 aliphatic carbocycles. The molecule has 4 aromatic rings. The molecule has 1 amide bonds. The van der Waals surface area contributed by atoms with E-state index >= 15 is 0 Å². The predicted molar refractivity (Wildman–Crippen MR) is 121 cm³/mol. The Kier molecular flexibility index (Phi) is 6.03. The van der Waals surface area contributed by atoms with Crippen molar-refractivity contribution in [2.45, 2.75) is 13.1 Å². The van der Waals surface area contributed by atoms with Gasteiger partial charge in [-0.05, 0) is 17.7 Å². The van der Waals surface area contributed by atoms with Crippen molar-refractivity contribution in [2.24, 2.45) is 0 Å². The average Bonchev–Trinajstić information content (AvgIpc) is 3.21. The minimum atomic E-state index is -0.271. The molecule has 1 N–H and O–H groups in total. The van der Waals surface area contributed by atoms with Crippen molar-refractivity contribution in [1.29, 1.82) is 0 Å². The molecule has 0 bridgehead atoms. The number of nitrogens with zero attached hydrogens (tertiary/aromatic N) is 5. The van der Waals surface area contributed by atoms with Gasteiger partial charge >= 0.3 is 0 Å². The van der Waals surface area contributed by atoms with Crippen molar-refractivity contribution in [2.75, 3.05) is 19.0 Å².